The molecule has 0 spiro atoms. The number of nitriles is 1. The van der Waals surface area contributed by atoms with Crippen LogP contribution in [0.25, 0.3) is 4.85 Å². The smallest absolute Gasteiger partial charge is 0.414 e. The van der Waals surface area contributed by atoms with Gasteiger partial charge in [0.2, 0.25) is 0 Å². The Hall–Kier alpha value is -3.10. The first-order valence-corrected chi connectivity index (χ1v) is 8.77. The first-order valence-electron chi connectivity index (χ1n) is 8.77. The number of amides is 1. The third kappa shape index (κ3) is 4.36. The lowest BCUT2D eigenvalue weighted by Gasteiger charge is -2.31. The van der Waals surface area contributed by atoms with E-state index in [0.29, 0.717) is 37.6 Å². The minimum atomic E-state index is -0.516. The number of cyclic esters (lactones) is 1. The van der Waals surface area contributed by atoms with Crippen molar-refractivity contribution in [2.45, 2.75) is 18.9 Å². The molecule has 0 radical (unpaired) electrons. The van der Waals surface area contributed by atoms with Crippen molar-refractivity contribution in [3.8, 4) is 6.07 Å². The average molecular weight is 369 g/mol. The van der Waals surface area contributed by atoms with Crippen molar-refractivity contribution in [3.05, 3.63) is 47.2 Å². The number of piperidine rings is 1. The summed E-state index contributed by atoms with van der Waals surface area (Å²) in [4.78, 5) is 18.7. The van der Waals surface area contributed by atoms with Gasteiger partial charge in [0.1, 0.15) is 11.9 Å². The molecule has 1 N–H and O–H groups in total. The highest BCUT2D eigenvalue weighted by atomic mass is 19.1. The third-order valence-electron chi connectivity index (χ3n) is 4.69. The number of anilines is 2. The Labute approximate surface area is 157 Å². The van der Waals surface area contributed by atoms with Crippen LogP contribution in [0.1, 0.15) is 12.8 Å². The highest BCUT2D eigenvalue weighted by Gasteiger charge is 2.32. The summed E-state index contributed by atoms with van der Waals surface area (Å²) in [5.74, 6) is -0.385. The van der Waals surface area contributed by atoms with E-state index in [1.165, 1.54) is 11.0 Å². The van der Waals surface area contributed by atoms with Crippen LogP contribution < -0.4 is 15.1 Å². The molecule has 8 heteroatoms. The Morgan fingerprint density at radius 1 is 1.44 bits per heavy atom. The van der Waals surface area contributed by atoms with Gasteiger partial charge >= 0.3 is 6.09 Å². The number of nitrogens with one attached hydrogen (secondary N) is 1. The van der Waals surface area contributed by atoms with Gasteiger partial charge in [0.15, 0.2) is 6.20 Å². The van der Waals surface area contributed by atoms with Crippen molar-refractivity contribution in [2.24, 2.45) is 0 Å². The van der Waals surface area contributed by atoms with E-state index in [0.717, 1.165) is 18.4 Å². The van der Waals surface area contributed by atoms with Crippen LogP contribution in [0, 0.1) is 23.7 Å². The molecule has 1 aromatic carbocycles. The predicted molar refractivity (Wildman–Crippen MR) is 98.6 cm³/mol. The number of hydrogen-bond donors (Lipinski definition) is 1. The van der Waals surface area contributed by atoms with Crippen molar-refractivity contribution in [2.75, 3.05) is 42.5 Å². The van der Waals surface area contributed by atoms with Gasteiger partial charge in [-0.05, 0) is 31.0 Å². The van der Waals surface area contributed by atoms with Crippen molar-refractivity contribution >= 4 is 17.5 Å². The molecule has 7 nitrogen and oxygen atoms in total. The highest BCUT2D eigenvalue weighted by Crippen LogP contribution is 2.30. The van der Waals surface area contributed by atoms with E-state index >= 15 is 0 Å². The summed E-state index contributed by atoms with van der Waals surface area (Å²) in [6, 6.07) is 6.72. The van der Waals surface area contributed by atoms with Gasteiger partial charge in [-0.15, -0.1) is 0 Å². The van der Waals surface area contributed by atoms with Crippen LogP contribution in [0.5, 0.6) is 0 Å². The molecule has 0 aromatic heterocycles. The molecule has 2 saturated heterocycles. The minimum absolute atomic E-state index is 0.181. The maximum atomic E-state index is 14.7. The Kier molecular flexibility index (Phi) is 5.90. The van der Waals surface area contributed by atoms with Gasteiger partial charge in [-0.2, -0.15) is 5.26 Å². The van der Waals surface area contributed by atoms with Gasteiger partial charge in [-0.3, -0.25) is 4.90 Å². The summed E-state index contributed by atoms with van der Waals surface area (Å²) in [6.45, 7) is 9.08. The fourth-order valence-electron chi connectivity index (χ4n) is 3.30. The standard InChI is InChI=1S/C19H20FN5O2/c1-22-11-14-4-8-24(9-5-14)18-3-2-15(10-17(18)20)25-13-16(27-19(25)26)12-23-7-6-21/h2-3,10-11,16,23H,4-5,7-9,12-13H2/t16-/m0/s1. The second kappa shape index (κ2) is 8.52. The third-order valence-corrected chi connectivity index (χ3v) is 4.69. The summed E-state index contributed by atoms with van der Waals surface area (Å²) in [6.07, 6.45) is 2.16. The number of nitrogens with zero attached hydrogens (tertiary/aromatic N) is 4. The van der Waals surface area contributed by atoms with Crippen LogP contribution in [-0.2, 0) is 4.74 Å². The molecule has 0 unspecified atom stereocenters. The lowest BCUT2D eigenvalue weighted by Crippen LogP contribution is -2.32. The van der Waals surface area contributed by atoms with E-state index in [4.69, 9.17) is 16.6 Å². The number of carbonyl (C=O) groups is 1. The monoisotopic (exact) mass is 369 g/mol. The zero-order chi connectivity index (χ0) is 19.2. The van der Waals surface area contributed by atoms with E-state index in [9.17, 15) is 9.18 Å². The van der Waals surface area contributed by atoms with Crippen LogP contribution >= 0.6 is 0 Å². The zero-order valence-corrected chi connectivity index (χ0v) is 14.8. The molecular weight excluding hydrogens is 349 g/mol. The first-order chi connectivity index (χ1) is 13.1. The fraction of sp³-hybridized carbons (Fsp3) is 0.421. The van der Waals surface area contributed by atoms with E-state index < -0.39 is 6.09 Å². The number of halogens is 1. The average Bonchev–Trinajstić information content (AvgIpc) is 3.03. The number of benzene rings is 1. The Morgan fingerprint density at radius 3 is 2.89 bits per heavy atom. The molecule has 27 heavy (non-hydrogen) atoms. The van der Waals surface area contributed by atoms with Crippen LogP contribution in [-0.4, -0.2) is 44.9 Å². The Balaban J connectivity index is 1.65. The maximum Gasteiger partial charge on any atom is 0.414 e. The van der Waals surface area contributed by atoms with Crippen molar-refractivity contribution < 1.29 is 13.9 Å². The first kappa shape index (κ1) is 18.7. The second-order valence-corrected chi connectivity index (χ2v) is 6.44. The molecule has 1 aromatic rings. The number of hydrogen-bond acceptors (Lipinski definition) is 5. The lowest BCUT2D eigenvalue weighted by atomic mass is 10.0. The van der Waals surface area contributed by atoms with Crippen LogP contribution in [0.3, 0.4) is 0 Å². The molecule has 140 valence electrons. The topological polar surface area (TPSA) is 73.0 Å². The van der Waals surface area contributed by atoms with Gasteiger partial charge in [0.25, 0.3) is 0 Å². The normalized spacial score (nSPS) is 19.4. The quantitative estimate of drug-likeness (QED) is 0.491. The predicted octanol–water partition coefficient (Wildman–Crippen LogP) is 2.67. The largest absolute Gasteiger partial charge is 0.443 e. The van der Waals surface area contributed by atoms with Gasteiger partial charge < -0.3 is 15.0 Å². The van der Waals surface area contributed by atoms with Crippen LogP contribution in [0.2, 0.25) is 0 Å². The molecule has 2 heterocycles. The molecular formula is C19H20FN5O2. The van der Waals surface area contributed by atoms with Gasteiger partial charge in [-0.25, -0.2) is 14.0 Å². The zero-order valence-electron chi connectivity index (χ0n) is 14.8. The Bertz CT molecular complexity index is 816. The van der Waals surface area contributed by atoms with E-state index in [-0.39, 0.29) is 18.5 Å². The number of rotatable bonds is 5. The second-order valence-electron chi connectivity index (χ2n) is 6.44. The van der Waals surface area contributed by atoms with E-state index in [1.807, 2.05) is 11.0 Å². The summed E-state index contributed by atoms with van der Waals surface area (Å²) in [5, 5.41) is 11.4. The van der Waals surface area contributed by atoms with Crippen LogP contribution in [0.4, 0.5) is 20.6 Å². The molecule has 1 amide bonds. The van der Waals surface area contributed by atoms with Gasteiger partial charge in [0.05, 0.1) is 37.1 Å². The summed E-state index contributed by atoms with van der Waals surface area (Å²) in [7, 11) is 0. The summed E-state index contributed by atoms with van der Waals surface area (Å²) >= 11 is 0. The van der Waals surface area contributed by atoms with Crippen molar-refractivity contribution in [1.29, 1.82) is 5.26 Å². The SMILES string of the molecule is [C-]#[N+]C=C1CCN(c2ccc(N3C[C@H](CNCC#N)OC3=O)cc2F)CC1. The molecule has 0 aliphatic carbocycles. The molecule has 2 fully saturated rings. The molecule has 0 saturated carbocycles. The maximum absolute atomic E-state index is 14.7. The Morgan fingerprint density at radius 2 is 2.22 bits per heavy atom. The van der Waals surface area contributed by atoms with Gasteiger partial charge in [-0.1, -0.05) is 5.57 Å². The lowest BCUT2D eigenvalue weighted by molar-refractivity contribution is 0.141. The van der Waals surface area contributed by atoms with Crippen molar-refractivity contribution in [3.63, 3.8) is 0 Å². The number of ether oxygens (including phenoxy) is 1. The fourth-order valence-corrected chi connectivity index (χ4v) is 3.30. The van der Waals surface area contributed by atoms with Crippen LogP contribution in [0.15, 0.2) is 30.0 Å². The highest BCUT2D eigenvalue weighted by molar-refractivity contribution is 5.90. The molecule has 0 bridgehead atoms. The molecule has 2 aliphatic rings. The molecule has 2 aliphatic heterocycles. The van der Waals surface area contributed by atoms with E-state index in [1.54, 1.807) is 18.3 Å². The minimum Gasteiger partial charge on any atom is -0.443 e. The van der Waals surface area contributed by atoms with Gasteiger partial charge in [0, 0.05) is 19.6 Å². The molecule has 1 atom stereocenters. The summed E-state index contributed by atoms with van der Waals surface area (Å²) in [5.41, 5.74) is 2.05. The molecule has 3 rings (SSSR count). The van der Waals surface area contributed by atoms with Crippen molar-refractivity contribution in [1.82, 2.24) is 5.32 Å². The summed E-state index contributed by atoms with van der Waals surface area (Å²) < 4.78 is 19.9. The van der Waals surface area contributed by atoms with E-state index in [2.05, 4.69) is 10.2 Å². The number of carbonyl (C=O) groups excluding carboxylic acids is 1.